The minimum absolute atomic E-state index is 0.0219. The second-order valence-electron chi connectivity index (χ2n) is 5.91. The number of ether oxygens (including phenoxy) is 2. The first kappa shape index (κ1) is 19.0. The lowest BCUT2D eigenvalue weighted by atomic mass is 10.2. The highest BCUT2D eigenvalue weighted by atomic mass is 32.2. The van der Waals surface area contributed by atoms with E-state index >= 15 is 0 Å². The van der Waals surface area contributed by atoms with E-state index < -0.39 is 0 Å². The lowest BCUT2D eigenvalue weighted by Crippen LogP contribution is -2.29. The van der Waals surface area contributed by atoms with Gasteiger partial charge in [-0.05, 0) is 54.1 Å². The van der Waals surface area contributed by atoms with Gasteiger partial charge in [-0.1, -0.05) is 31.2 Å². The summed E-state index contributed by atoms with van der Waals surface area (Å²) in [5.41, 5.74) is 1.71. The number of aliphatic imine (C=N–C) groups is 1. The number of para-hydroxylation sites is 1. The molecule has 1 aliphatic rings. The number of amides is 1. The Hall–Kier alpha value is -2.73. The molecule has 5 nitrogen and oxygen atoms in total. The molecule has 0 atom stereocenters. The van der Waals surface area contributed by atoms with E-state index in [1.54, 1.807) is 19.1 Å². The average Bonchev–Trinajstić information content (AvgIpc) is 2.97. The van der Waals surface area contributed by atoms with Crippen LogP contribution in [-0.4, -0.2) is 36.7 Å². The Morgan fingerprint density at radius 1 is 1.07 bits per heavy atom. The molecule has 2 aromatic rings. The van der Waals surface area contributed by atoms with Crippen molar-refractivity contribution < 1.29 is 14.3 Å². The molecule has 0 aromatic heterocycles. The number of nitrogens with zero attached hydrogens (tertiary/aromatic N) is 2. The quantitative estimate of drug-likeness (QED) is 0.679. The van der Waals surface area contributed by atoms with Crippen molar-refractivity contribution in [1.82, 2.24) is 4.90 Å². The van der Waals surface area contributed by atoms with Crippen molar-refractivity contribution in [3.8, 4) is 11.5 Å². The average molecular weight is 382 g/mol. The molecule has 0 bridgehead atoms. The third kappa shape index (κ3) is 4.34. The van der Waals surface area contributed by atoms with Crippen LogP contribution in [0.3, 0.4) is 0 Å². The molecule has 1 heterocycles. The number of benzene rings is 2. The summed E-state index contributed by atoms with van der Waals surface area (Å²) in [5, 5.41) is 0.708. The van der Waals surface area contributed by atoms with Gasteiger partial charge in [0, 0.05) is 6.54 Å². The highest BCUT2D eigenvalue weighted by molar-refractivity contribution is 8.18. The Labute approximate surface area is 163 Å². The van der Waals surface area contributed by atoms with Gasteiger partial charge in [0.05, 0.1) is 24.8 Å². The van der Waals surface area contributed by atoms with Crippen molar-refractivity contribution >= 4 is 34.6 Å². The number of hydrogen-bond donors (Lipinski definition) is 0. The molecule has 1 amide bonds. The highest BCUT2D eigenvalue weighted by Gasteiger charge is 2.32. The molecule has 0 unspecified atom stereocenters. The van der Waals surface area contributed by atoms with Crippen LogP contribution in [0.15, 0.2) is 58.4 Å². The predicted molar refractivity (Wildman–Crippen MR) is 111 cm³/mol. The summed E-state index contributed by atoms with van der Waals surface area (Å²) >= 11 is 1.40. The molecule has 0 spiro atoms. The van der Waals surface area contributed by atoms with Crippen molar-refractivity contribution in [2.45, 2.75) is 13.3 Å². The third-order valence-electron chi connectivity index (χ3n) is 4.02. The number of rotatable bonds is 6. The Morgan fingerprint density at radius 3 is 2.48 bits per heavy atom. The van der Waals surface area contributed by atoms with Gasteiger partial charge in [0.15, 0.2) is 16.7 Å². The monoisotopic (exact) mass is 382 g/mol. The summed E-state index contributed by atoms with van der Waals surface area (Å²) in [6, 6.07) is 15.3. The van der Waals surface area contributed by atoms with E-state index in [1.807, 2.05) is 61.5 Å². The lowest BCUT2D eigenvalue weighted by molar-refractivity contribution is -0.122. The maximum Gasteiger partial charge on any atom is 0.266 e. The van der Waals surface area contributed by atoms with E-state index in [2.05, 4.69) is 4.99 Å². The Morgan fingerprint density at radius 2 is 1.81 bits per heavy atom. The van der Waals surface area contributed by atoms with Crippen LogP contribution in [-0.2, 0) is 4.79 Å². The summed E-state index contributed by atoms with van der Waals surface area (Å²) in [5.74, 6) is 1.26. The maximum absolute atomic E-state index is 12.9. The van der Waals surface area contributed by atoms with Gasteiger partial charge in [0.2, 0.25) is 0 Å². The lowest BCUT2D eigenvalue weighted by Gasteiger charge is -2.13. The molecule has 1 fully saturated rings. The number of amidine groups is 1. The van der Waals surface area contributed by atoms with Crippen molar-refractivity contribution in [2.75, 3.05) is 20.8 Å². The summed E-state index contributed by atoms with van der Waals surface area (Å²) in [7, 11) is 3.19. The zero-order valence-electron chi connectivity index (χ0n) is 15.6. The van der Waals surface area contributed by atoms with E-state index in [0.29, 0.717) is 28.1 Å². The fourth-order valence-corrected chi connectivity index (χ4v) is 3.74. The molecule has 0 N–H and O–H groups in total. The molecule has 1 aliphatic heterocycles. The number of carbonyl (C=O) groups is 1. The molecule has 1 saturated heterocycles. The minimum atomic E-state index is -0.0219. The zero-order chi connectivity index (χ0) is 19.2. The van der Waals surface area contributed by atoms with Gasteiger partial charge in [-0.15, -0.1) is 0 Å². The molecule has 140 valence electrons. The van der Waals surface area contributed by atoms with Crippen LogP contribution in [0.2, 0.25) is 0 Å². The summed E-state index contributed by atoms with van der Waals surface area (Å²) in [6.07, 6.45) is 2.73. The van der Waals surface area contributed by atoms with E-state index in [9.17, 15) is 4.79 Å². The van der Waals surface area contributed by atoms with Gasteiger partial charge in [-0.2, -0.15) is 0 Å². The molecule has 2 aromatic carbocycles. The van der Waals surface area contributed by atoms with Gasteiger partial charge in [-0.25, -0.2) is 4.99 Å². The number of methoxy groups -OCH3 is 2. The minimum Gasteiger partial charge on any atom is -0.493 e. The van der Waals surface area contributed by atoms with Crippen LogP contribution in [0.25, 0.3) is 6.08 Å². The predicted octanol–water partition coefficient (Wildman–Crippen LogP) is 4.72. The molecular formula is C21H22N2O3S. The van der Waals surface area contributed by atoms with Crippen molar-refractivity contribution in [3.63, 3.8) is 0 Å². The Kier molecular flexibility index (Phi) is 6.19. The highest BCUT2D eigenvalue weighted by Crippen LogP contribution is 2.35. The van der Waals surface area contributed by atoms with E-state index in [0.717, 1.165) is 17.7 Å². The summed E-state index contributed by atoms with van der Waals surface area (Å²) in [6.45, 7) is 2.69. The molecule has 0 radical (unpaired) electrons. The number of hydrogen-bond acceptors (Lipinski definition) is 5. The SMILES string of the molecule is CCCN1C(=O)/C(=C\c2ccc(OC)c(OC)c2)SC1=Nc1ccccc1. The molecular weight excluding hydrogens is 360 g/mol. The first-order valence-corrected chi connectivity index (χ1v) is 9.55. The molecule has 0 aliphatic carbocycles. The first-order chi connectivity index (χ1) is 13.2. The normalized spacial score (nSPS) is 17.0. The molecule has 6 heteroatoms. The van der Waals surface area contributed by atoms with Crippen molar-refractivity contribution in [3.05, 3.63) is 59.0 Å². The standard InChI is InChI=1S/C21H22N2O3S/c1-4-12-23-20(24)19(27-21(23)22-16-8-6-5-7-9-16)14-15-10-11-17(25-2)18(13-15)26-3/h5-11,13-14H,4,12H2,1-3H3/b19-14+,22-21?. The molecule has 0 saturated carbocycles. The maximum atomic E-state index is 12.9. The smallest absolute Gasteiger partial charge is 0.266 e. The Balaban J connectivity index is 1.93. The zero-order valence-corrected chi connectivity index (χ0v) is 16.5. The van der Waals surface area contributed by atoms with Crippen LogP contribution < -0.4 is 9.47 Å². The first-order valence-electron chi connectivity index (χ1n) is 8.73. The fourth-order valence-electron chi connectivity index (χ4n) is 2.72. The molecule has 27 heavy (non-hydrogen) atoms. The van der Waals surface area contributed by atoms with Gasteiger partial charge in [-0.3, -0.25) is 9.69 Å². The van der Waals surface area contributed by atoms with E-state index in [1.165, 1.54) is 11.8 Å². The van der Waals surface area contributed by atoms with Crippen LogP contribution in [0.4, 0.5) is 5.69 Å². The topological polar surface area (TPSA) is 51.1 Å². The second-order valence-corrected chi connectivity index (χ2v) is 6.92. The summed E-state index contributed by atoms with van der Waals surface area (Å²) < 4.78 is 10.6. The van der Waals surface area contributed by atoms with E-state index in [4.69, 9.17) is 9.47 Å². The second kappa shape index (κ2) is 8.77. The number of carbonyl (C=O) groups excluding carboxylic acids is 1. The summed E-state index contributed by atoms with van der Waals surface area (Å²) in [4.78, 5) is 19.9. The van der Waals surface area contributed by atoms with Gasteiger partial charge in [0.25, 0.3) is 5.91 Å². The fraction of sp³-hybridized carbons (Fsp3) is 0.238. The van der Waals surface area contributed by atoms with Crippen LogP contribution in [0.1, 0.15) is 18.9 Å². The van der Waals surface area contributed by atoms with Crippen LogP contribution in [0.5, 0.6) is 11.5 Å². The van der Waals surface area contributed by atoms with Crippen molar-refractivity contribution in [1.29, 1.82) is 0 Å². The van der Waals surface area contributed by atoms with Crippen LogP contribution in [0, 0.1) is 0 Å². The largest absolute Gasteiger partial charge is 0.493 e. The van der Waals surface area contributed by atoms with E-state index in [-0.39, 0.29) is 5.91 Å². The number of thioether (sulfide) groups is 1. The van der Waals surface area contributed by atoms with Gasteiger partial charge in [0.1, 0.15) is 0 Å². The third-order valence-corrected chi connectivity index (χ3v) is 5.03. The van der Waals surface area contributed by atoms with Crippen molar-refractivity contribution in [2.24, 2.45) is 4.99 Å². The van der Waals surface area contributed by atoms with Gasteiger partial charge >= 0.3 is 0 Å². The van der Waals surface area contributed by atoms with Crippen LogP contribution >= 0.6 is 11.8 Å². The Bertz CT molecular complexity index is 878. The van der Waals surface area contributed by atoms with Gasteiger partial charge < -0.3 is 9.47 Å². The molecule has 3 rings (SSSR count).